The third-order valence-corrected chi connectivity index (χ3v) is 4.97. The maximum Gasteiger partial charge on any atom is 0.231 e. The molecule has 2 aliphatic heterocycles. The number of carbonyl (C=O) groups excluding carboxylic acids is 1. The molecule has 2 aromatic carbocycles. The molecule has 0 saturated heterocycles. The van der Waals surface area contributed by atoms with Gasteiger partial charge in [0.1, 0.15) is 17.1 Å². The van der Waals surface area contributed by atoms with E-state index in [1.165, 1.54) is 0 Å². The van der Waals surface area contributed by atoms with Gasteiger partial charge in [0.05, 0.1) is 5.56 Å². The highest BCUT2D eigenvalue weighted by Crippen LogP contribution is 2.44. The first kappa shape index (κ1) is 16.7. The van der Waals surface area contributed by atoms with Crippen molar-refractivity contribution in [3.63, 3.8) is 0 Å². The minimum atomic E-state index is -0.184. The summed E-state index contributed by atoms with van der Waals surface area (Å²) in [6, 6.07) is 11.7. The Morgan fingerprint density at radius 2 is 1.81 bits per heavy atom. The van der Waals surface area contributed by atoms with Crippen molar-refractivity contribution in [2.24, 2.45) is 0 Å². The van der Waals surface area contributed by atoms with E-state index in [0.29, 0.717) is 17.1 Å². The van der Waals surface area contributed by atoms with Gasteiger partial charge in [0, 0.05) is 25.3 Å². The van der Waals surface area contributed by atoms with Crippen molar-refractivity contribution in [3.8, 4) is 11.5 Å². The quantitative estimate of drug-likeness (QED) is 0.750. The smallest absolute Gasteiger partial charge is 0.231 e. The molecule has 0 spiro atoms. The minimum Gasteiger partial charge on any atom is -0.487 e. The van der Waals surface area contributed by atoms with Gasteiger partial charge in [-0.3, -0.25) is 4.79 Å². The van der Waals surface area contributed by atoms with E-state index in [-0.39, 0.29) is 11.4 Å². The predicted molar refractivity (Wildman–Crippen MR) is 103 cm³/mol. The molecule has 4 rings (SSSR count). The molecule has 0 atom stereocenters. The van der Waals surface area contributed by atoms with Crippen LogP contribution < -0.4 is 14.4 Å². The Morgan fingerprint density at radius 1 is 1.08 bits per heavy atom. The Hall–Kier alpha value is -2.75. The largest absolute Gasteiger partial charge is 0.487 e. The zero-order valence-corrected chi connectivity index (χ0v) is 15.6. The van der Waals surface area contributed by atoms with E-state index in [1.807, 2.05) is 61.5 Å². The first-order chi connectivity index (χ1) is 12.3. The predicted octanol–water partition coefficient (Wildman–Crippen LogP) is 4.47. The summed E-state index contributed by atoms with van der Waals surface area (Å²) < 4.78 is 12.0. The molecular weight excluding hydrogens is 326 g/mol. The van der Waals surface area contributed by atoms with Crippen molar-refractivity contribution in [2.75, 3.05) is 19.0 Å². The van der Waals surface area contributed by atoms with E-state index < -0.39 is 0 Å². The van der Waals surface area contributed by atoms with E-state index in [0.717, 1.165) is 35.4 Å². The molecule has 2 aromatic rings. The van der Waals surface area contributed by atoms with Gasteiger partial charge in [0.15, 0.2) is 5.76 Å². The van der Waals surface area contributed by atoms with Gasteiger partial charge in [-0.15, -0.1) is 0 Å². The van der Waals surface area contributed by atoms with Crippen molar-refractivity contribution >= 4 is 17.5 Å². The van der Waals surface area contributed by atoms with Crippen LogP contribution in [0.25, 0.3) is 6.08 Å². The molecule has 0 radical (unpaired) electrons. The zero-order chi connectivity index (χ0) is 18.5. The lowest BCUT2D eigenvalue weighted by Crippen LogP contribution is -2.32. The number of anilines is 1. The fourth-order valence-corrected chi connectivity index (χ4v) is 3.42. The Bertz CT molecular complexity index is 908. The number of carbonyl (C=O) groups is 1. The van der Waals surface area contributed by atoms with Crippen LogP contribution in [0, 0.1) is 0 Å². The van der Waals surface area contributed by atoms with Gasteiger partial charge in [-0.05, 0) is 62.6 Å². The normalized spacial score (nSPS) is 18.8. The van der Waals surface area contributed by atoms with E-state index in [2.05, 4.69) is 13.8 Å². The van der Waals surface area contributed by atoms with Crippen molar-refractivity contribution in [1.29, 1.82) is 0 Å². The van der Waals surface area contributed by atoms with Crippen LogP contribution in [0.4, 0.5) is 5.69 Å². The summed E-state index contributed by atoms with van der Waals surface area (Å²) in [6.45, 7) is 4.16. The maximum absolute atomic E-state index is 12.7. The molecular formula is C22H23NO3. The van der Waals surface area contributed by atoms with Crippen molar-refractivity contribution in [1.82, 2.24) is 0 Å². The second kappa shape index (κ2) is 5.90. The second-order valence-electron chi connectivity index (χ2n) is 7.71. The molecule has 0 amide bonds. The third kappa shape index (κ3) is 2.85. The van der Waals surface area contributed by atoms with Crippen LogP contribution in [0.1, 0.15) is 41.8 Å². The molecule has 0 aromatic heterocycles. The number of hydrogen-bond donors (Lipinski definition) is 0. The molecule has 4 nitrogen and oxygen atoms in total. The van der Waals surface area contributed by atoms with Crippen LogP contribution in [0.5, 0.6) is 11.5 Å². The lowest BCUT2D eigenvalue weighted by atomic mass is 9.92. The van der Waals surface area contributed by atoms with Crippen molar-refractivity contribution < 1.29 is 14.3 Å². The SMILES string of the molecule is CN(C)c1ccc(/C=C2\Oc3c(ccc4c3CCC(C)(C)O4)C2=O)cc1. The summed E-state index contributed by atoms with van der Waals surface area (Å²) in [5.41, 5.74) is 3.50. The van der Waals surface area contributed by atoms with Crippen LogP contribution >= 0.6 is 0 Å². The summed E-state index contributed by atoms with van der Waals surface area (Å²) in [5, 5.41) is 0. The van der Waals surface area contributed by atoms with E-state index in [1.54, 1.807) is 0 Å². The molecule has 0 saturated carbocycles. The number of rotatable bonds is 2. The van der Waals surface area contributed by atoms with Gasteiger partial charge in [0.2, 0.25) is 5.78 Å². The van der Waals surface area contributed by atoms with Gasteiger partial charge in [0.25, 0.3) is 0 Å². The molecule has 26 heavy (non-hydrogen) atoms. The van der Waals surface area contributed by atoms with Gasteiger partial charge >= 0.3 is 0 Å². The highest BCUT2D eigenvalue weighted by Gasteiger charge is 2.35. The van der Waals surface area contributed by atoms with Crippen LogP contribution in [0.3, 0.4) is 0 Å². The fraction of sp³-hybridized carbons (Fsp3) is 0.318. The number of fused-ring (bicyclic) bond motifs is 3. The molecule has 134 valence electrons. The lowest BCUT2D eigenvalue weighted by Gasteiger charge is -2.33. The van der Waals surface area contributed by atoms with E-state index >= 15 is 0 Å². The first-order valence-corrected chi connectivity index (χ1v) is 8.91. The maximum atomic E-state index is 12.7. The Labute approximate surface area is 154 Å². The monoisotopic (exact) mass is 349 g/mol. The zero-order valence-electron chi connectivity index (χ0n) is 15.6. The summed E-state index contributed by atoms with van der Waals surface area (Å²) in [6.07, 6.45) is 3.56. The molecule has 4 heteroatoms. The number of allylic oxidation sites excluding steroid dienone is 1. The fourth-order valence-electron chi connectivity index (χ4n) is 3.42. The van der Waals surface area contributed by atoms with E-state index in [9.17, 15) is 4.79 Å². The highest BCUT2D eigenvalue weighted by molar-refractivity contribution is 6.15. The number of Topliss-reactive ketones (excluding diaryl/α,β-unsaturated/α-hetero) is 1. The summed E-state index contributed by atoms with van der Waals surface area (Å²) in [5.74, 6) is 1.80. The number of hydrogen-bond acceptors (Lipinski definition) is 4. The summed E-state index contributed by atoms with van der Waals surface area (Å²) in [7, 11) is 4.00. The first-order valence-electron chi connectivity index (χ1n) is 8.91. The van der Waals surface area contributed by atoms with Crippen molar-refractivity contribution in [2.45, 2.75) is 32.3 Å². The average Bonchev–Trinajstić information content (AvgIpc) is 2.90. The Kier molecular flexibility index (Phi) is 3.79. The molecule has 0 unspecified atom stereocenters. The van der Waals surface area contributed by atoms with Crippen LogP contribution in [0.2, 0.25) is 0 Å². The number of ketones is 1. The molecule has 0 N–H and O–H groups in total. The van der Waals surface area contributed by atoms with Crippen molar-refractivity contribution in [3.05, 3.63) is 58.8 Å². The standard InChI is InChI=1S/C22H23NO3/c1-22(2)12-11-16-18(26-22)10-9-17-20(24)19(25-21(16)17)13-14-5-7-15(8-6-14)23(3)4/h5-10,13H,11-12H2,1-4H3/b19-13-. The minimum absolute atomic E-state index is 0.0654. The highest BCUT2D eigenvalue weighted by atomic mass is 16.5. The number of benzene rings is 2. The van der Waals surface area contributed by atoms with Gasteiger partial charge in [-0.1, -0.05) is 12.1 Å². The van der Waals surface area contributed by atoms with Gasteiger partial charge in [-0.25, -0.2) is 0 Å². The molecule has 2 aliphatic rings. The lowest BCUT2D eigenvalue weighted by molar-refractivity contribution is 0.0838. The second-order valence-corrected chi connectivity index (χ2v) is 7.71. The van der Waals surface area contributed by atoms with Gasteiger partial charge < -0.3 is 14.4 Å². The topological polar surface area (TPSA) is 38.8 Å². The Balaban J connectivity index is 1.66. The van der Waals surface area contributed by atoms with Crippen LogP contribution in [-0.2, 0) is 6.42 Å². The summed E-state index contributed by atoms with van der Waals surface area (Å²) in [4.78, 5) is 14.8. The third-order valence-electron chi connectivity index (χ3n) is 4.97. The molecule has 0 fully saturated rings. The van der Waals surface area contributed by atoms with Crippen LogP contribution in [-0.4, -0.2) is 25.5 Å². The Morgan fingerprint density at radius 3 is 2.50 bits per heavy atom. The number of ether oxygens (including phenoxy) is 2. The number of nitrogens with zero attached hydrogens (tertiary/aromatic N) is 1. The molecule has 2 heterocycles. The van der Waals surface area contributed by atoms with Gasteiger partial charge in [-0.2, -0.15) is 0 Å². The summed E-state index contributed by atoms with van der Waals surface area (Å²) >= 11 is 0. The van der Waals surface area contributed by atoms with Crippen LogP contribution in [0.15, 0.2) is 42.2 Å². The van der Waals surface area contributed by atoms with E-state index in [4.69, 9.17) is 9.47 Å². The average molecular weight is 349 g/mol. The molecule has 0 aliphatic carbocycles. The molecule has 0 bridgehead atoms.